The van der Waals surface area contributed by atoms with Crippen LogP contribution in [0.2, 0.25) is 0 Å². The van der Waals surface area contributed by atoms with Crippen LogP contribution < -0.4 is 4.74 Å². The number of nitrogens with zero attached hydrogens (tertiary/aromatic N) is 1. The molecule has 2 aromatic carbocycles. The molecule has 0 atom stereocenters. The van der Waals surface area contributed by atoms with Gasteiger partial charge in [-0.3, -0.25) is 0 Å². The van der Waals surface area contributed by atoms with Gasteiger partial charge in [-0.1, -0.05) is 51.8 Å². The summed E-state index contributed by atoms with van der Waals surface area (Å²) < 4.78 is 31.8. The number of ether oxygens (including phenoxy) is 1. The molecule has 166 valence electrons. The number of benzene rings is 2. The van der Waals surface area contributed by atoms with E-state index >= 15 is 0 Å². The Morgan fingerprint density at radius 1 is 0.800 bits per heavy atom. The first-order valence-electron chi connectivity index (χ1n) is 11.3. The van der Waals surface area contributed by atoms with E-state index in [1.54, 1.807) is 36.4 Å². The van der Waals surface area contributed by atoms with Crippen LogP contribution in [0.5, 0.6) is 5.75 Å². The molecule has 0 unspecified atom stereocenters. The molecule has 0 saturated heterocycles. The number of rotatable bonds is 14. The van der Waals surface area contributed by atoms with Crippen molar-refractivity contribution in [1.82, 2.24) is 4.90 Å². The Hall–Kier alpha value is -1.85. The number of hydrogen-bond donors (Lipinski definition) is 0. The molecule has 0 bridgehead atoms. The van der Waals surface area contributed by atoms with Gasteiger partial charge in [-0.25, -0.2) is 8.42 Å². The van der Waals surface area contributed by atoms with E-state index in [1.807, 2.05) is 19.1 Å². The predicted molar refractivity (Wildman–Crippen MR) is 124 cm³/mol. The molecule has 0 heterocycles. The summed E-state index contributed by atoms with van der Waals surface area (Å²) in [6, 6.07) is 14.0. The van der Waals surface area contributed by atoms with Gasteiger partial charge >= 0.3 is 0 Å². The lowest BCUT2D eigenvalue weighted by Gasteiger charge is -2.21. The number of hydrogen-bond acceptors (Lipinski definition) is 4. The van der Waals surface area contributed by atoms with Crippen molar-refractivity contribution in [1.29, 1.82) is 0 Å². The third kappa shape index (κ3) is 7.13. The quantitative estimate of drug-likeness (QED) is 0.357. The van der Waals surface area contributed by atoms with Crippen molar-refractivity contribution in [2.24, 2.45) is 0 Å². The summed E-state index contributed by atoms with van der Waals surface area (Å²) in [4.78, 5) is 3.22. The largest absolute Gasteiger partial charge is 0.494 e. The second-order valence-corrected chi connectivity index (χ2v) is 9.60. The lowest BCUT2D eigenvalue weighted by molar-refractivity contribution is 0.229. The van der Waals surface area contributed by atoms with Crippen molar-refractivity contribution in [2.75, 3.05) is 26.2 Å². The molecule has 0 N–H and O–H groups in total. The molecule has 5 heteroatoms. The fourth-order valence-electron chi connectivity index (χ4n) is 3.48. The van der Waals surface area contributed by atoms with Crippen LogP contribution in [0.4, 0.5) is 0 Å². The van der Waals surface area contributed by atoms with Crippen LogP contribution in [-0.2, 0) is 16.3 Å². The Morgan fingerprint density at radius 2 is 1.40 bits per heavy atom. The molecule has 2 rings (SSSR count). The fraction of sp³-hybridized carbons (Fsp3) is 0.520. The third-order valence-electron chi connectivity index (χ3n) is 5.32. The first-order chi connectivity index (χ1) is 14.5. The molecule has 30 heavy (non-hydrogen) atoms. The average Bonchev–Trinajstić information content (AvgIpc) is 2.78. The maximum Gasteiger partial charge on any atom is 0.206 e. The standard InChI is InChI=1S/C25H37NO3S/c1-4-7-18-26(19-8-5-2)20-11-21-29-23-14-16-24(17-15-23)30(27,28)25-13-10-9-12-22(25)6-3/h9-10,12-17H,4-8,11,18-21H2,1-3H3. The van der Waals surface area contributed by atoms with Gasteiger partial charge in [0.05, 0.1) is 16.4 Å². The lowest BCUT2D eigenvalue weighted by atomic mass is 10.2. The van der Waals surface area contributed by atoms with Crippen molar-refractivity contribution in [2.45, 2.75) is 69.1 Å². The minimum Gasteiger partial charge on any atom is -0.494 e. The highest BCUT2D eigenvalue weighted by atomic mass is 32.2. The van der Waals surface area contributed by atoms with Gasteiger partial charge in [-0.15, -0.1) is 0 Å². The maximum absolute atomic E-state index is 13.0. The van der Waals surface area contributed by atoms with Gasteiger partial charge in [-0.2, -0.15) is 0 Å². The van der Waals surface area contributed by atoms with Crippen LogP contribution >= 0.6 is 0 Å². The first kappa shape index (κ1) is 24.4. The molecule has 0 fully saturated rings. The summed E-state index contributed by atoms with van der Waals surface area (Å²) in [5.74, 6) is 0.714. The minimum atomic E-state index is -3.51. The van der Waals surface area contributed by atoms with Gasteiger partial charge in [-0.05, 0) is 74.7 Å². The highest BCUT2D eigenvalue weighted by molar-refractivity contribution is 7.91. The highest BCUT2D eigenvalue weighted by Gasteiger charge is 2.20. The Morgan fingerprint density at radius 3 is 2.00 bits per heavy atom. The van der Waals surface area contributed by atoms with Gasteiger partial charge in [0.2, 0.25) is 9.84 Å². The van der Waals surface area contributed by atoms with Gasteiger partial charge in [0, 0.05) is 6.54 Å². The van der Waals surface area contributed by atoms with Crippen molar-refractivity contribution in [3.8, 4) is 5.75 Å². The topological polar surface area (TPSA) is 46.6 Å². The molecule has 0 spiro atoms. The summed E-state index contributed by atoms with van der Waals surface area (Å²) >= 11 is 0. The Balaban J connectivity index is 1.91. The van der Waals surface area contributed by atoms with Crippen molar-refractivity contribution in [3.05, 3.63) is 54.1 Å². The zero-order valence-electron chi connectivity index (χ0n) is 18.8. The second-order valence-electron chi connectivity index (χ2n) is 7.69. The summed E-state index contributed by atoms with van der Waals surface area (Å²) in [6.45, 7) is 10.4. The molecule has 0 saturated carbocycles. The summed E-state index contributed by atoms with van der Waals surface area (Å²) in [6.07, 6.45) is 6.57. The Labute approximate surface area is 183 Å². The minimum absolute atomic E-state index is 0.307. The average molecular weight is 432 g/mol. The van der Waals surface area contributed by atoms with Crippen LogP contribution in [0.3, 0.4) is 0 Å². The van der Waals surface area contributed by atoms with Crippen molar-refractivity contribution < 1.29 is 13.2 Å². The highest BCUT2D eigenvalue weighted by Crippen LogP contribution is 2.26. The zero-order valence-corrected chi connectivity index (χ0v) is 19.6. The molecule has 0 radical (unpaired) electrons. The summed E-state index contributed by atoms with van der Waals surface area (Å²) in [5, 5.41) is 0. The van der Waals surface area contributed by atoms with E-state index in [0.717, 1.165) is 31.6 Å². The number of sulfone groups is 1. The van der Waals surface area contributed by atoms with Gasteiger partial charge in [0.1, 0.15) is 5.75 Å². The van der Waals surface area contributed by atoms with Crippen LogP contribution in [0.15, 0.2) is 58.3 Å². The van der Waals surface area contributed by atoms with Crippen LogP contribution in [0.25, 0.3) is 0 Å². The number of aryl methyl sites for hydroxylation is 1. The molecule has 0 aliphatic rings. The third-order valence-corrected chi connectivity index (χ3v) is 7.19. The predicted octanol–water partition coefficient (Wildman–Crippen LogP) is 5.75. The first-order valence-corrected chi connectivity index (χ1v) is 12.8. The van der Waals surface area contributed by atoms with E-state index < -0.39 is 9.84 Å². The molecule has 0 amide bonds. The fourth-order valence-corrected chi connectivity index (χ4v) is 5.04. The van der Waals surface area contributed by atoms with Crippen LogP contribution in [0, 0.1) is 0 Å². The maximum atomic E-state index is 13.0. The van der Waals surface area contributed by atoms with Crippen molar-refractivity contribution in [3.63, 3.8) is 0 Å². The smallest absolute Gasteiger partial charge is 0.206 e. The van der Waals surface area contributed by atoms with E-state index in [1.165, 1.54) is 25.7 Å². The number of unbranched alkanes of at least 4 members (excludes halogenated alkanes) is 2. The zero-order chi connectivity index (χ0) is 21.8. The second kappa shape index (κ2) is 12.8. The van der Waals surface area contributed by atoms with Crippen molar-refractivity contribution >= 4 is 9.84 Å². The lowest BCUT2D eigenvalue weighted by Crippen LogP contribution is -2.28. The van der Waals surface area contributed by atoms with Gasteiger partial charge in [0.25, 0.3) is 0 Å². The molecule has 2 aromatic rings. The van der Waals surface area contributed by atoms with E-state index in [0.29, 0.717) is 28.6 Å². The van der Waals surface area contributed by atoms with E-state index in [2.05, 4.69) is 18.7 Å². The summed E-state index contributed by atoms with van der Waals surface area (Å²) in [7, 11) is -3.51. The van der Waals surface area contributed by atoms with E-state index in [4.69, 9.17) is 4.74 Å². The van der Waals surface area contributed by atoms with Gasteiger partial charge in [0.15, 0.2) is 0 Å². The van der Waals surface area contributed by atoms with Gasteiger partial charge < -0.3 is 9.64 Å². The van der Waals surface area contributed by atoms with E-state index in [9.17, 15) is 8.42 Å². The molecule has 0 aromatic heterocycles. The Bertz CT molecular complexity index is 839. The Kier molecular flexibility index (Phi) is 10.4. The molecular weight excluding hydrogens is 394 g/mol. The van der Waals surface area contributed by atoms with Crippen LogP contribution in [0.1, 0.15) is 58.4 Å². The SMILES string of the molecule is CCCCN(CCCC)CCCOc1ccc(S(=O)(=O)c2ccccc2CC)cc1. The normalized spacial score (nSPS) is 11.7. The molecule has 0 aliphatic heterocycles. The molecule has 0 aliphatic carbocycles. The summed E-state index contributed by atoms with van der Waals surface area (Å²) in [5.41, 5.74) is 0.841. The molecule has 4 nitrogen and oxygen atoms in total. The monoisotopic (exact) mass is 431 g/mol. The van der Waals surface area contributed by atoms with E-state index in [-0.39, 0.29) is 0 Å². The molecular formula is C25H37NO3S. The van der Waals surface area contributed by atoms with Crippen LogP contribution in [-0.4, -0.2) is 39.6 Å².